The summed E-state index contributed by atoms with van der Waals surface area (Å²) in [6.07, 6.45) is 0. The van der Waals surface area contributed by atoms with Gasteiger partial charge in [0.25, 0.3) is 0 Å². The molecular formula is C15H14F2N2O2. The fraction of sp³-hybridized carbons (Fsp3) is 0.200. The molecule has 0 aromatic heterocycles. The number of anilines is 1. The van der Waals surface area contributed by atoms with Gasteiger partial charge in [-0.1, -0.05) is 18.2 Å². The van der Waals surface area contributed by atoms with E-state index in [2.05, 4.69) is 0 Å². The van der Waals surface area contributed by atoms with Crippen LogP contribution in [-0.2, 0) is 6.54 Å². The molecule has 0 spiro atoms. The van der Waals surface area contributed by atoms with Crippen molar-refractivity contribution >= 4 is 11.4 Å². The maximum absolute atomic E-state index is 13.8. The molecule has 21 heavy (non-hydrogen) atoms. The molecule has 0 amide bonds. The van der Waals surface area contributed by atoms with Crippen molar-refractivity contribution in [3.8, 4) is 0 Å². The van der Waals surface area contributed by atoms with Gasteiger partial charge in [-0.3, -0.25) is 10.1 Å². The minimum absolute atomic E-state index is 0.270. The van der Waals surface area contributed by atoms with Gasteiger partial charge in [-0.15, -0.1) is 0 Å². The summed E-state index contributed by atoms with van der Waals surface area (Å²) < 4.78 is 27.4. The number of benzene rings is 2. The fourth-order valence-electron chi connectivity index (χ4n) is 2.09. The highest BCUT2D eigenvalue weighted by Gasteiger charge is 2.16. The Hall–Kier alpha value is -2.50. The van der Waals surface area contributed by atoms with E-state index in [1.807, 2.05) is 6.92 Å². The monoisotopic (exact) mass is 292 g/mol. The van der Waals surface area contributed by atoms with E-state index in [0.717, 1.165) is 12.1 Å². The quantitative estimate of drug-likeness (QED) is 0.620. The van der Waals surface area contributed by atoms with Gasteiger partial charge in [-0.2, -0.15) is 4.39 Å². The maximum atomic E-state index is 13.8. The van der Waals surface area contributed by atoms with Crippen molar-refractivity contribution < 1.29 is 13.7 Å². The summed E-state index contributed by atoms with van der Waals surface area (Å²) >= 11 is 0. The van der Waals surface area contributed by atoms with Crippen LogP contribution in [0.1, 0.15) is 12.5 Å². The van der Waals surface area contributed by atoms with Gasteiger partial charge in [0, 0.05) is 19.2 Å². The van der Waals surface area contributed by atoms with Crippen LogP contribution in [0.25, 0.3) is 0 Å². The van der Waals surface area contributed by atoms with Gasteiger partial charge < -0.3 is 4.90 Å². The van der Waals surface area contributed by atoms with Crippen LogP contribution in [0.2, 0.25) is 0 Å². The smallest absolute Gasteiger partial charge is 0.304 e. The SMILES string of the molecule is CCN(Cc1ccc([N+](=O)[O-])c(F)c1)c1ccccc1F. The van der Waals surface area contributed by atoms with E-state index in [-0.39, 0.29) is 12.4 Å². The summed E-state index contributed by atoms with van der Waals surface area (Å²) in [5.74, 6) is -1.25. The molecule has 0 unspecified atom stereocenters. The standard InChI is InChI=1S/C15H14F2N2O2/c1-2-18(14-6-4-3-5-12(14)16)10-11-7-8-15(19(20)21)13(17)9-11/h3-9H,2,10H2,1H3. The van der Waals surface area contributed by atoms with Gasteiger partial charge in [-0.05, 0) is 30.7 Å². The second-order valence-corrected chi connectivity index (χ2v) is 4.51. The van der Waals surface area contributed by atoms with Gasteiger partial charge in [0.2, 0.25) is 5.82 Å². The van der Waals surface area contributed by atoms with Crippen molar-refractivity contribution in [1.82, 2.24) is 0 Å². The van der Waals surface area contributed by atoms with Crippen LogP contribution < -0.4 is 4.90 Å². The second kappa shape index (κ2) is 6.30. The zero-order valence-electron chi connectivity index (χ0n) is 11.4. The third kappa shape index (κ3) is 3.34. The van der Waals surface area contributed by atoms with Gasteiger partial charge in [0.05, 0.1) is 10.6 Å². The Morgan fingerprint density at radius 2 is 1.86 bits per heavy atom. The first-order valence-corrected chi connectivity index (χ1v) is 6.45. The molecule has 0 atom stereocenters. The van der Waals surface area contributed by atoms with Crippen molar-refractivity contribution in [3.63, 3.8) is 0 Å². The molecule has 2 aromatic carbocycles. The number of hydrogen-bond donors (Lipinski definition) is 0. The summed E-state index contributed by atoms with van der Waals surface area (Å²) in [5.41, 5.74) is 0.398. The van der Waals surface area contributed by atoms with Crippen LogP contribution >= 0.6 is 0 Å². The fourth-order valence-corrected chi connectivity index (χ4v) is 2.09. The largest absolute Gasteiger partial charge is 0.365 e. The number of nitro groups is 1. The maximum Gasteiger partial charge on any atom is 0.304 e. The van der Waals surface area contributed by atoms with E-state index < -0.39 is 16.4 Å². The Bertz CT molecular complexity index is 662. The molecular weight excluding hydrogens is 278 g/mol. The lowest BCUT2D eigenvalue weighted by molar-refractivity contribution is -0.387. The number of halogens is 2. The van der Waals surface area contributed by atoms with Crippen LogP contribution in [0.15, 0.2) is 42.5 Å². The molecule has 0 aliphatic carbocycles. The minimum Gasteiger partial charge on any atom is -0.365 e. The van der Waals surface area contributed by atoms with Crippen LogP contribution in [-0.4, -0.2) is 11.5 Å². The molecule has 6 heteroatoms. The highest BCUT2D eigenvalue weighted by molar-refractivity contribution is 5.48. The van der Waals surface area contributed by atoms with Gasteiger partial charge in [-0.25, -0.2) is 4.39 Å². The Morgan fingerprint density at radius 3 is 2.43 bits per heavy atom. The normalized spacial score (nSPS) is 10.4. The molecule has 0 aliphatic rings. The first kappa shape index (κ1) is 14.9. The predicted octanol–water partition coefficient (Wildman–Crippen LogP) is 3.90. The Morgan fingerprint density at radius 1 is 1.14 bits per heavy atom. The summed E-state index contributed by atoms with van der Waals surface area (Å²) in [5, 5.41) is 10.6. The molecule has 0 N–H and O–H groups in total. The number of para-hydroxylation sites is 1. The lowest BCUT2D eigenvalue weighted by atomic mass is 10.1. The summed E-state index contributed by atoms with van der Waals surface area (Å²) in [7, 11) is 0. The highest BCUT2D eigenvalue weighted by atomic mass is 19.1. The topological polar surface area (TPSA) is 46.4 Å². The van der Waals surface area contributed by atoms with Crippen molar-refractivity contribution in [2.24, 2.45) is 0 Å². The molecule has 2 aromatic rings. The highest BCUT2D eigenvalue weighted by Crippen LogP contribution is 2.23. The van der Waals surface area contributed by atoms with E-state index in [1.165, 1.54) is 12.1 Å². The summed E-state index contributed by atoms with van der Waals surface area (Å²) in [4.78, 5) is 11.5. The molecule has 110 valence electrons. The van der Waals surface area contributed by atoms with Crippen LogP contribution in [0.3, 0.4) is 0 Å². The van der Waals surface area contributed by atoms with Crippen molar-refractivity contribution in [3.05, 3.63) is 69.8 Å². The van der Waals surface area contributed by atoms with Crippen molar-refractivity contribution in [2.75, 3.05) is 11.4 Å². The van der Waals surface area contributed by atoms with Crippen LogP contribution in [0.4, 0.5) is 20.2 Å². The first-order chi connectivity index (χ1) is 10.0. The zero-order valence-corrected chi connectivity index (χ0v) is 11.4. The van der Waals surface area contributed by atoms with Crippen LogP contribution in [0, 0.1) is 21.7 Å². The average Bonchev–Trinajstić information content (AvgIpc) is 2.45. The van der Waals surface area contributed by atoms with Gasteiger partial charge >= 0.3 is 5.69 Å². The molecule has 4 nitrogen and oxygen atoms in total. The van der Waals surface area contributed by atoms with Gasteiger partial charge in [0.1, 0.15) is 5.82 Å². The lowest BCUT2D eigenvalue weighted by Crippen LogP contribution is -2.23. The summed E-state index contributed by atoms with van der Waals surface area (Å²) in [6.45, 7) is 2.65. The zero-order chi connectivity index (χ0) is 15.4. The molecule has 0 bridgehead atoms. The third-order valence-electron chi connectivity index (χ3n) is 3.16. The lowest BCUT2D eigenvalue weighted by Gasteiger charge is -2.23. The number of nitrogens with zero attached hydrogens (tertiary/aromatic N) is 2. The third-order valence-corrected chi connectivity index (χ3v) is 3.16. The first-order valence-electron chi connectivity index (χ1n) is 6.45. The van der Waals surface area contributed by atoms with Gasteiger partial charge in [0.15, 0.2) is 0 Å². The molecule has 0 saturated carbocycles. The molecule has 0 fully saturated rings. The van der Waals surface area contributed by atoms with E-state index in [4.69, 9.17) is 0 Å². The number of hydrogen-bond acceptors (Lipinski definition) is 3. The molecule has 0 saturated heterocycles. The molecule has 0 aliphatic heterocycles. The number of rotatable bonds is 5. The number of nitro benzene ring substituents is 1. The Balaban J connectivity index is 2.25. The van der Waals surface area contributed by atoms with E-state index in [0.29, 0.717) is 17.8 Å². The van der Waals surface area contributed by atoms with Crippen molar-refractivity contribution in [1.29, 1.82) is 0 Å². The minimum atomic E-state index is -0.887. The molecule has 0 radical (unpaired) electrons. The molecule has 2 rings (SSSR count). The Labute approximate surface area is 120 Å². The van der Waals surface area contributed by atoms with E-state index in [9.17, 15) is 18.9 Å². The average molecular weight is 292 g/mol. The summed E-state index contributed by atoms with van der Waals surface area (Å²) in [6, 6.07) is 10.0. The second-order valence-electron chi connectivity index (χ2n) is 4.51. The van der Waals surface area contributed by atoms with Crippen LogP contribution in [0.5, 0.6) is 0 Å². The molecule has 0 heterocycles. The van der Waals surface area contributed by atoms with Crippen molar-refractivity contribution in [2.45, 2.75) is 13.5 Å². The Kier molecular flexibility index (Phi) is 4.47. The predicted molar refractivity (Wildman–Crippen MR) is 76.2 cm³/mol. The van der Waals surface area contributed by atoms with E-state index >= 15 is 0 Å². The van der Waals surface area contributed by atoms with E-state index in [1.54, 1.807) is 23.1 Å².